The second-order valence-corrected chi connectivity index (χ2v) is 6.55. The molecule has 2 amide bonds. The smallest absolute Gasteiger partial charge is 0.321 e. The molecule has 0 aromatic heterocycles. The van der Waals surface area contributed by atoms with Gasteiger partial charge in [-0.1, -0.05) is 30.3 Å². The van der Waals surface area contributed by atoms with Crippen molar-refractivity contribution >= 4 is 21.7 Å². The average molecular weight is 337 g/mol. The first-order chi connectivity index (χ1) is 10.8. The Hall–Kier alpha value is -2.45. The molecule has 0 aliphatic rings. The number of nitrogens with zero attached hydrogens (tertiary/aromatic N) is 1. The van der Waals surface area contributed by atoms with Gasteiger partial charge in [-0.3, -0.25) is 0 Å². The van der Waals surface area contributed by atoms with E-state index in [9.17, 15) is 17.6 Å². The number of anilines is 1. The summed E-state index contributed by atoms with van der Waals surface area (Å²) in [5.74, 6) is -0.808. The lowest BCUT2D eigenvalue weighted by Gasteiger charge is -2.18. The fraction of sp³-hybridized carbons (Fsp3) is 0.133. The number of carbonyl (C=O) groups is 1. The normalized spacial score (nSPS) is 11.1. The number of carbonyl (C=O) groups excluding carboxylic acids is 1. The minimum atomic E-state index is -4.06. The molecule has 0 spiro atoms. The summed E-state index contributed by atoms with van der Waals surface area (Å²) >= 11 is 0. The van der Waals surface area contributed by atoms with Crippen molar-refractivity contribution in [2.24, 2.45) is 5.14 Å². The van der Waals surface area contributed by atoms with E-state index in [1.165, 1.54) is 4.90 Å². The maximum atomic E-state index is 13.5. The van der Waals surface area contributed by atoms with Gasteiger partial charge in [0, 0.05) is 19.3 Å². The fourth-order valence-electron chi connectivity index (χ4n) is 1.95. The highest BCUT2D eigenvalue weighted by Crippen LogP contribution is 2.18. The summed E-state index contributed by atoms with van der Waals surface area (Å²) < 4.78 is 36.0. The molecule has 0 radical (unpaired) electrons. The maximum absolute atomic E-state index is 13.5. The molecule has 122 valence electrons. The van der Waals surface area contributed by atoms with Crippen LogP contribution in [0.25, 0.3) is 0 Å². The average Bonchev–Trinajstić information content (AvgIpc) is 2.46. The van der Waals surface area contributed by atoms with Gasteiger partial charge >= 0.3 is 6.03 Å². The van der Waals surface area contributed by atoms with E-state index in [-0.39, 0.29) is 5.69 Å². The van der Waals surface area contributed by atoms with Crippen molar-refractivity contribution in [3.05, 3.63) is 59.9 Å². The Morgan fingerprint density at radius 2 is 1.87 bits per heavy atom. The summed E-state index contributed by atoms with van der Waals surface area (Å²) in [6.45, 7) is 0.351. The molecule has 0 unspecified atom stereocenters. The molecule has 0 atom stereocenters. The van der Waals surface area contributed by atoms with Crippen molar-refractivity contribution in [1.29, 1.82) is 0 Å². The Balaban J connectivity index is 2.12. The lowest BCUT2D eigenvalue weighted by Crippen LogP contribution is -2.31. The van der Waals surface area contributed by atoms with Crippen LogP contribution in [0.3, 0.4) is 0 Å². The van der Waals surface area contributed by atoms with Gasteiger partial charge in [0.15, 0.2) is 0 Å². The molecule has 6 nitrogen and oxygen atoms in total. The molecule has 8 heteroatoms. The fourth-order valence-corrected chi connectivity index (χ4v) is 2.52. The molecular formula is C15H16FN3O3S. The van der Waals surface area contributed by atoms with E-state index >= 15 is 0 Å². The highest BCUT2D eigenvalue weighted by Gasteiger charge is 2.14. The summed E-state index contributed by atoms with van der Waals surface area (Å²) in [5.41, 5.74) is 0.938. The second-order valence-electron chi connectivity index (χ2n) is 4.99. The minimum absolute atomic E-state index is 0.0129. The monoisotopic (exact) mass is 337 g/mol. The molecule has 0 fully saturated rings. The van der Waals surface area contributed by atoms with E-state index in [0.717, 1.165) is 23.8 Å². The summed E-state index contributed by atoms with van der Waals surface area (Å²) in [6, 6.07) is 11.7. The zero-order valence-corrected chi connectivity index (χ0v) is 13.2. The van der Waals surface area contributed by atoms with E-state index < -0.39 is 26.8 Å². The Morgan fingerprint density at radius 3 is 2.48 bits per heavy atom. The standard InChI is InChI=1S/C15H16FN3O3S/c1-19(10-11-5-3-2-4-6-11)15(20)18-13-7-12(16)8-14(9-13)23(17,21)22/h2-9H,10H2,1H3,(H,18,20)(H2,17,21,22). The summed E-state index contributed by atoms with van der Waals surface area (Å²) in [4.78, 5) is 13.1. The van der Waals surface area contributed by atoms with Crippen molar-refractivity contribution in [3.8, 4) is 0 Å². The first-order valence-electron chi connectivity index (χ1n) is 6.65. The van der Waals surface area contributed by atoms with Gasteiger partial charge in [-0.2, -0.15) is 0 Å². The SMILES string of the molecule is CN(Cc1ccccc1)C(=O)Nc1cc(F)cc(S(N)(=O)=O)c1. The molecular weight excluding hydrogens is 321 g/mol. The van der Waals surface area contributed by atoms with Gasteiger partial charge in [-0.05, 0) is 23.8 Å². The molecule has 0 aliphatic carbocycles. The molecule has 2 aromatic carbocycles. The van der Waals surface area contributed by atoms with Gasteiger partial charge in [0.25, 0.3) is 0 Å². The number of primary sulfonamides is 1. The number of rotatable bonds is 4. The van der Waals surface area contributed by atoms with Crippen LogP contribution in [0.5, 0.6) is 0 Å². The Bertz CT molecular complexity index is 810. The van der Waals surface area contributed by atoms with Crippen LogP contribution in [-0.4, -0.2) is 26.4 Å². The number of sulfonamides is 1. The van der Waals surface area contributed by atoms with Gasteiger partial charge in [-0.15, -0.1) is 0 Å². The quantitative estimate of drug-likeness (QED) is 0.895. The molecule has 0 saturated carbocycles. The van der Waals surface area contributed by atoms with E-state index in [1.54, 1.807) is 7.05 Å². The molecule has 2 aromatic rings. The number of nitrogens with two attached hydrogens (primary N) is 1. The van der Waals surface area contributed by atoms with Crippen LogP contribution in [0.15, 0.2) is 53.4 Å². The lowest BCUT2D eigenvalue weighted by atomic mass is 10.2. The third-order valence-corrected chi connectivity index (χ3v) is 3.95. The van der Waals surface area contributed by atoms with Crippen LogP contribution < -0.4 is 10.5 Å². The Kier molecular flexibility index (Phi) is 4.97. The van der Waals surface area contributed by atoms with Gasteiger partial charge in [0.1, 0.15) is 5.82 Å². The molecule has 3 N–H and O–H groups in total. The largest absolute Gasteiger partial charge is 0.323 e. The van der Waals surface area contributed by atoms with E-state index in [4.69, 9.17) is 5.14 Å². The van der Waals surface area contributed by atoms with Gasteiger partial charge in [0.05, 0.1) is 4.90 Å². The highest BCUT2D eigenvalue weighted by atomic mass is 32.2. The van der Waals surface area contributed by atoms with Crippen LogP contribution in [0.1, 0.15) is 5.56 Å². The number of urea groups is 1. The third-order valence-electron chi connectivity index (χ3n) is 3.06. The number of amides is 2. The Labute approximate surface area is 133 Å². The van der Waals surface area contributed by atoms with Crippen LogP contribution in [0.4, 0.5) is 14.9 Å². The number of hydrogen-bond acceptors (Lipinski definition) is 3. The third kappa shape index (κ3) is 4.76. The molecule has 0 saturated heterocycles. The van der Waals surface area contributed by atoms with Crippen molar-refractivity contribution in [3.63, 3.8) is 0 Å². The van der Waals surface area contributed by atoms with E-state index in [1.807, 2.05) is 30.3 Å². The second kappa shape index (κ2) is 6.76. The zero-order valence-electron chi connectivity index (χ0n) is 12.4. The predicted octanol–water partition coefficient (Wildman–Crippen LogP) is 2.14. The number of hydrogen-bond donors (Lipinski definition) is 2. The van der Waals surface area contributed by atoms with Crippen LogP contribution in [0.2, 0.25) is 0 Å². The molecule has 0 aliphatic heterocycles. The predicted molar refractivity (Wildman–Crippen MR) is 84.7 cm³/mol. The van der Waals surface area contributed by atoms with Gasteiger partial charge in [0.2, 0.25) is 10.0 Å². The van der Waals surface area contributed by atoms with Gasteiger partial charge < -0.3 is 10.2 Å². The van der Waals surface area contributed by atoms with Crippen molar-refractivity contribution < 1.29 is 17.6 Å². The van der Waals surface area contributed by atoms with E-state index in [0.29, 0.717) is 6.54 Å². The highest BCUT2D eigenvalue weighted by molar-refractivity contribution is 7.89. The van der Waals surface area contributed by atoms with Crippen LogP contribution >= 0.6 is 0 Å². The minimum Gasteiger partial charge on any atom is -0.323 e. The zero-order chi connectivity index (χ0) is 17.0. The lowest BCUT2D eigenvalue weighted by molar-refractivity contribution is 0.220. The number of halogens is 1. The summed E-state index contributed by atoms with van der Waals surface area (Å²) in [7, 11) is -2.49. The van der Waals surface area contributed by atoms with Crippen LogP contribution in [0, 0.1) is 5.82 Å². The molecule has 23 heavy (non-hydrogen) atoms. The van der Waals surface area contributed by atoms with E-state index in [2.05, 4.69) is 5.32 Å². The molecule has 0 heterocycles. The van der Waals surface area contributed by atoms with Gasteiger partial charge in [-0.25, -0.2) is 22.7 Å². The number of nitrogens with one attached hydrogen (secondary N) is 1. The van der Waals surface area contributed by atoms with Crippen molar-refractivity contribution in [2.75, 3.05) is 12.4 Å². The summed E-state index contributed by atoms with van der Waals surface area (Å²) in [5, 5.41) is 7.41. The van der Waals surface area contributed by atoms with Crippen molar-refractivity contribution in [2.45, 2.75) is 11.4 Å². The van der Waals surface area contributed by atoms with Crippen molar-refractivity contribution in [1.82, 2.24) is 4.90 Å². The van der Waals surface area contributed by atoms with Crippen LogP contribution in [-0.2, 0) is 16.6 Å². The maximum Gasteiger partial charge on any atom is 0.321 e. The number of benzene rings is 2. The summed E-state index contributed by atoms with van der Waals surface area (Å²) in [6.07, 6.45) is 0. The first-order valence-corrected chi connectivity index (χ1v) is 8.20. The molecule has 2 rings (SSSR count). The molecule has 0 bridgehead atoms. The Morgan fingerprint density at radius 1 is 1.22 bits per heavy atom. The first kappa shape index (κ1) is 16.9. The topological polar surface area (TPSA) is 92.5 Å².